The summed E-state index contributed by atoms with van der Waals surface area (Å²) in [5.74, 6) is 0. The van der Waals surface area contributed by atoms with Crippen molar-refractivity contribution in [2.45, 2.75) is 37.1 Å². The van der Waals surface area contributed by atoms with E-state index in [1.165, 1.54) is 0 Å². The lowest BCUT2D eigenvalue weighted by Gasteiger charge is -2.36. The second kappa shape index (κ2) is 3.81. The summed E-state index contributed by atoms with van der Waals surface area (Å²) in [4.78, 5) is 0. The highest BCUT2D eigenvalue weighted by Gasteiger charge is 2.41. The van der Waals surface area contributed by atoms with Crippen molar-refractivity contribution >= 4 is 0 Å². The Balaban J connectivity index is 2.33. The zero-order chi connectivity index (χ0) is 10.1. The monoisotopic (exact) mass is 198 g/mol. The standard InChI is InChI=1S/C7H13F3N2O/c8-7(9,10)6(3-13)12-5-1-4(11)2-5/h4-6,12-13H,1-3,11H2. The van der Waals surface area contributed by atoms with Gasteiger partial charge in [-0.25, -0.2) is 0 Å². The molecule has 0 aromatic carbocycles. The molecule has 1 unspecified atom stereocenters. The van der Waals surface area contributed by atoms with Gasteiger partial charge in [0, 0.05) is 12.1 Å². The molecule has 1 saturated carbocycles. The van der Waals surface area contributed by atoms with E-state index < -0.39 is 18.8 Å². The second-order valence-corrected chi connectivity index (χ2v) is 3.37. The summed E-state index contributed by atoms with van der Waals surface area (Å²) in [6.45, 7) is -0.921. The summed E-state index contributed by atoms with van der Waals surface area (Å²) in [7, 11) is 0. The highest BCUT2D eigenvalue weighted by molar-refractivity contribution is 4.91. The average molecular weight is 198 g/mol. The lowest BCUT2D eigenvalue weighted by atomic mass is 9.87. The summed E-state index contributed by atoms with van der Waals surface area (Å²) < 4.78 is 36.3. The molecule has 4 N–H and O–H groups in total. The van der Waals surface area contributed by atoms with Crippen LogP contribution in [0.5, 0.6) is 0 Å². The Bertz CT molecular complexity index is 168. The summed E-state index contributed by atoms with van der Waals surface area (Å²) in [5.41, 5.74) is 5.41. The first kappa shape index (κ1) is 10.7. The van der Waals surface area contributed by atoms with Crippen molar-refractivity contribution in [3.63, 3.8) is 0 Å². The second-order valence-electron chi connectivity index (χ2n) is 3.37. The van der Waals surface area contributed by atoms with Crippen molar-refractivity contribution in [1.82, 2.24) is 5.32 Å². The molecule has 0 saturated heterocycles. The van der Waals surface area contributed by atoms with Crippen LogP contribution in [0.25, 0.3) is 0 Å². The first-order valence-corrected chi connectivity index (χ1v) is 4.12. The summed E-state index contributed by atoms with van der Waals surface area (Å²) in [5, 5.41) is 10.8. The first-order valence-electron chi connectivity index (χ1n) is 4.12. The van der Waals surface area contributed by atoms with Crippen LogP contribution < -0.4 is 11.1 Å². The van der Waals surface area contributed by atoms with E-state index in [0.29, 0.717) is 12.8 Å². The Labute approximate surface area is 74.1 Å². The summed E-state index contributed by atoms with van der Waals surface area (Å²) in [6, 6.07) is -2.01. The Morgan fingerprint density at radius 3 is 2.31 bits per heavy atom. The number of nitrogens with two attached hydrogens (primary N) is 1. The summed E-state index contributed by atoms with van der Waals surface area (Å²) >= 11 is 0. The Kier molecular flexibility index (Phi) is 3.15. The fourth-order valence-corrected chi connectivity index (χ4v) is 1.33. The molecule has 0 aliphatic heterocycles. The van der Waals surface area contributed by atoms with Gasteiger partial charge in [-0.15, -0.1) is 0 Å². The average Bonchev–Trinajstić information content (AvgIpc) is 1.93. The predicted molar refractivity (Wildman–Crippen MR) is 41.1 cm³/mol. The van der Waals surface area contributed by atoms with Crippen LogP contribution in [0.4, 0.5) is 13.2 Å². The molecule has 0 spiro atoms. The van der Waals surface area contributed by atoms with Gasteiger partial charge in [-0.05, 0) is 12.8 Å². The number of alkyl halides is 3. The highest BCUT2D eigenvalue weighted by Crippen LogP contribution is 2.24. The number of nitrogens with one attached hydrogen (secondary N) is 1. The van der Waals surface area contributed by atoms with E-state index in [-0.39, 0.29) is 12.1 Å². The van der Waals surface area contributed by atoms with Crippen LogP contribution in [-0.4, -0.2) is 36.0 Å². The maximum Gasteiger partial charge on any atom is 0.406 e. The van der Waals surface area contributed by atoms with Crippen LogP contribution in [-0.2, 0) is 0 Å². The van der Waals surface area contributed by atoms with Gasteiger partial charge in [-0.1, -0.05) is 0 Å². The Hall–Kier alpha value is -0.330. The molecule has 0 aromatic heterocycles. The topological polar surface area (TPSA) is 58.3 Å². The lowest BCUT2D eigenvalue weighted by molar-refractivity contribution is -0.167. The molecule has 1 aliphatic carbocycles. The summed E-state index contributed by atoms with van der Waals surface area (Å²) in [6.07, 6.45) is -3.28. The third-order valence-electron chi connectivity index (χ3n) is 2.19. The first-order chi connectivity index (χ1) is 5.93. The van der Waals surface area contributed by atoms with Gasteiger partial charge in [0.15, 0.2) is 0 Å². The minimum atomic E-state index is -4.38. The van der Waals surface area contributed by atoms with E-state index in [0.717, 1.165) is 0 Å². The van der Waals surface area contributed by atoms with Crippen molar-refractivity contribution in [2.75, 3.05) is 6.61 Å². The van der Waals surface area contributed by atoms with E-state index in [4.69, 9.17) is 10.8 Å². The fraction of sp³-hybridized carbons (Fsp3) is 1.00. The maximum atomic E-state index is 12.1. The van der Waals surface area contributed by atoms with Crippen molar-refractivity contribution in [3.05, 3.63) is 0 Å². The zero-order valence-corrected chi connectivity index (χ0v) is 7.01. The molecule has 0 bridgehead atoms. The molecule has 1 aliphatic rings. The SMILES string of the molecule is NC1CC(NC(CO)C(F)(F)F)C1. The molecule has 6 heteroatoms. The van der Waals surface area contributed by atoms with Crippen molar-refractivity contribution in [3.8, 4) is 0 Å². The van der Waals surface area contributed by atoms with Crippen molar-refractivity contribution < 1.29 is 18.3 Å². The maximum absolute atomic E-state index is 12.1. The van der Waals surface area contributed by atoms with Gasteiger partial charge < -0.3 is 16.2 Å². The van der Waals surface area contributed by atoms with E-state index in [2.05, 4.69) is 5.32 Å². The van der Waals surface area contributed by atoms with Gasteiger partial charge in [0.1, 0.15) is 6.04 Å². The molecule has 13 heavy (non-hydrogen) atoms. The quantitative estimate of drug-likeness (QED) is 0.597. The van der Waals surface area contributed by atoms with E-state index in [1.54, 1.807) is 0 Å². The fourth-order valence-electron chi connectivity index (χ4n) is 1.33. The Morgan fingerprint density at radius 1 is 1.46 bits per heavy atom. The third kappa shape index (κ3) is 2.82. The van der Waals surface area contributed by atoms with Gasteiger partial charge in [0.2, 0.25) is 0 Å². The Morgan fingerprint density at radius 2 is 2.00 bits per heavy atom. The zero-order valence-electron chi connectivity index (χ0n) is 7.01. The smallest absolute Gasteiger partial charge is 0.394 e. The molecule has 3 nitrogen and oxygen atoms in total. The molecule has 78 valence electrons. The van der Waals surface area contributed by atoms with Crippen molar-refractivity contribution in [2.24, 2.45) is 5.73 Å². The van der Waals surface area contributed by atoms with Crippen LogP contribution >= 0.6 is 0 Å². The van der Waals surface area contributed by atoms with Gasteiger partial charge >= 0.3 is 6.18 Å². The van der Waals surface area contributed by atoms with Crippen LogP contribution in [0.15, 0.2) is 0 Å². The van der Waals surface area contributed by atoms with Crippen LogP contribution in [0, 0.1) is 0 Å². The molecule has 0 heterocycles. The highest BCUT2D eigenvalue weighted by atomic mass is 19.4. The molecule has 1 rings (SSSR count). The molecule has 0 radical (unpaired) electrons. The number of halogens is 3. The molecule has 0 amide bonds. The minimum Gasteiger partial charge on any atom is -0.394 e. The third-order valence-corrected chi connectivity index (χ3v) is 2.19. The van der Waals surface area contributed by atoms with E-state index >= 15 is 0 Å². The number of aliphatic hydroxyl groups excluding tert-OH is 1. The van der Waals surface area contributed by atoms with E-state index in [1.807, 2.05) is 0 Å². The molecule has 1 atom stereocenters. The predicted octanol–water partition coefficient (Wildman–Crippen LogP) is -0.0111. The minimum absolute atomic E-state index is 0.00470. The number of rotatable bonds is 3. The van der Waals surface area contributed by atoms with Crippen LogP contribution in [0.1, 0.15) is 12.8 Å². The molecule has 1 fully saturated rings. The normalized spacial score (nSPS) is 31.2. The molecule has 0 aromatic rings. The van der Waals surface area contributed by atoms with E-state index in [9.17, 15) is 13.2 Å². The van der Waals surface area contributed by atoms with Crippen LogP contribution in [0.2, 0.25) is 0 Å². The van der Waals surface area contributed by atoms with Crippen molar-refractivity contribution in [1.29, 1.82) is 0 Å². The lowest BCUT2D eigenvalue weighted by Crippen LogP contribution is -2.56. The van der Waals surface area contributed by atoms with Gasteiger partial charge in [0.05, 0.1) is 6.61 Å². The largest absolute Gasteiger partial charge is 0.406 e. The molecular formula is C7H13F3N2O. The van der Waals surface area contributed by atoms with Crippen LogP contribution in [0.3, 0.4) is 0 Å². The number of hydrogen-bond donors (Lipinski definition) is 3. The molecular weight excluding hydrogens is 185 g/mol. The van der Waals surface area contributed by atoms with Gasteiger partial charge in [-0.2, -0.15) is 13.2 Å². The number of hydrogen-bond acceptors (Lipinski definition) is 3. The van der Waals surface area contributed by atoms with Gasteiger partial charge in [-0.3, -0.25) is 0 Å². The van der Waals surface area contributed by atoms with Gasteiger partial charge in [0.25, 0.3) is 0 Å². The number of aliphatic hydroxyl groups is 1.